The van der Waals surface area contributed by atoms with Crippen molar-refractivity contribution in [3.8, 4) is 17.1 Å². The van der Waals surface area contributed by atoms with E-state index in [1.165, 1.54) is 0 Å². The third-order valence-corrected chi connectivity index (χ3v) is 4.98. The number of ether oxygens (including phenoxy) is 1. The van der Waals surface area contributed by atoms with Crippen LogP contribution < -0.4 is 10.5 Å². The van der Waals surface area contributed by atoms with Gasteiger partial charge in [0.05, 0.1) is 7.11 Å². The fraction of sp³-hybridized carbons (Fsp3) is 0.238. The second-order valence-electron chi connectivity index (χ2n) is 6.70. The molecule has 4 rings (SSSR count). The van der Waals surface area contributed by atoms with Gasteiger partial charge < -0.3 is 19.9 Å². The van der Waals surface area contributed by atoms with Gasteiger partial charge in [-0.2, -0.15) is 0 Å². The molecule has 3 aromatic rings. The fourth-order valence-corrected chi connectivity index (χ4v) is 3.48. The number of hydrogen-bond donors (Lipinski definition) is 1. The first-order valence-electron chi connectivity index (χ1n) is 8.86. The van der Waals surface area contributed by atoms with Gasteiger partial charge in [0.1, 0.15) is 5.75 Å². The number of likely N-dealkylation sites (tertiary alicyclic amines) is 1. The zero-order valence-electron chi connectivity index (χ0n) is 15.0. The number of amides is 1. The second-order valence-corrected chi connectivity index (χ2v) is 6.70. The van der Waals surface area contributed by atoms with Crippen LogP contribution in [0.5, 0.6) is 5.75 Å². The van der Waals surface area contributed by atoms with Gasteiger partial charge in [0.15, 0.2) is 11.5 Å². The topological polar surface area (TPSA) is 81.6 Å². The zero-order valence-corrected chi connectivity index (χ0v) is 15.0. The molecule has 6 nitrogen and oxygen atoms in total. The van der Waals surface area contributed by atoms with Gasteiger partial charge in [0, 0.05) is 36.7 Å². The van der Waals surface area contributed by atoms with Gasteiger partial charge in [0.25, 0.3) is 5.91 Å². The van der Waals surface area contributed by atoms with Crippen molar-refractivity contribution in [2.75, 3.05) is 20.2 Å². The number of carbonyl (C=O) groups excluding carboxylic acids is 1. The molecule has 0 bridgehead atoms. The van der Waals surface area contributed by atoms with Gasteiger partial charge in [-0.15, -0.1) is 0 Å². The van der Waals surface area contributed by atoms with E-state index in [9.17, 15) is 4.79 Å². The van der Waals surface area contributed by atoms with Gasteiger partial charge in [-0.25, -0.2) is 0 Å². The van der Waals surface area contributed by atoms with Gasteiger partial charge >= 0.3 is 0 Å². The number of nitrogens with zero attached hydrogens (tertiary/aromatic N) is 2. The maximum Gasteiger partial charge on any atom is 0.276 e. The van der Waals surface area contributed by atoms with Crippen LogP contribution in [0.1, 0.15) is 22.0 Å². The summed E-state index contributed by atoms with van der Waals surface area (Å²) in [5, 5.41) is 3.96. The zero-order chi connectivity index (χ0) is 18.8. The first kappa shape index (κ1) is 17.3. The lowest BCUT2D eigenvalue weighted by atomic mass is 9.95. The van der Waals surface area contributed by atoms with Gasteiger partial charge in [-0.05, 0) is 17.7 Å². The molecule has 0 spiro atoms. The summed E-state index contributed by atoms with van der Waals surface area (Å²) in [5.74, 6) is 1.30. The summed E-state index contributed by atoms with van der Waals surface area (Å²) in [5.41, 5.74) is 8.61. The Kier molecular flexibility index (Phi) is 4.64. The first-order valence-corrected chi connectivity index (χ1v) is 8.86. The maximum absolute atomic E-state index is 12.8. The predicted octanol–water partition coefficient (Wildman–Crippen LogP) is 2.92. The molecule has 0 aliphatic carbocycles. The Balaban J connectivity index is 1.49. The van der Waals surface area contributed by atoms with Crippen LogP contribution in [0.25, 0.3) is 11.3 Å². The van der Waals surface area contributed by atoms with Gasteiger partial charge in [0.2, 0.25) is 0 Å². The van der Waals surface area contributed by atoms with E-state index in [2.05, 4.69) is 5.16 Å². The average Bonchev–Trinajstić information content (AvgIpc) is 3.35. The van der Waals surface area contributed by atoms with Gasteiger partial charge in [-0.1, -0.05) is 47.6 Å². The maximum atomic E-state index is 12.8. The Hall–Kier alpha value is -3.12. The van der Waals surface area contributed by atoms with E-state index in [1.54, 1.807) is 18.1 Å². The van der Waals surface area contributed by atoms with Crippen molar-refractivity contribution in [3.05, 3.63) is 71.9 Å². The summed E-state index contributed by atoms with van der Waals surface area (Å²) in [6, 6.07) is 19.0. The van der Waals surface area contributed by atoms with Crippen molar-refractivity contribution in [2.45, 2.75) is 12.0 Å². The monoisotopic (exact) mass is 363 g/mol. The fourth-order valence-electron chi connectivity index (χ4n) is 3.48. The third kappa shape index (κ3) is 3.44. The van der Waals surface area contributed by atoms with Crippen LogP contribution in [0.3, 0.4) is 0 Å². The summed E-state index contributed by atoms with van der Waals surface area (Å²) in [6.07, 6.45) is 0. The summed E-state index contributed by atoms with van der Waals surface area (Å²) < 4.78 is 10.6. The largest absolute Gasteiger partial charge is 0.497 e. The van der Waals surface area contributed by atoms with Crippen LogP contribution in [0.4, 0.5) is 0 Å². The number of rotatable bonds is 4. The highest BCUT2D eigenvalue weighted by molar-refractivity contribution is 5.93. The lowest BCUT2D eigenvalue weighted by molar-refractivity contribution is 0.0779. The van der Waals surface area contributed by atoms with E-state index >= 15 is 0 Å². The number of aromatic nitrogens is 1. The molecule has 2 atom stereocenters. The van der Waals surface area contributed by atoms with Crippen LogP contribution >= 0.6 is 0 Å². The van der Waals surface area contributed by atoms with Crippen molar-refractivity contribution in [1.29, 1.82) is 0 Å². The van der Waals surface area contributed by atoms with Gasteiger partial charge in [-0.3, -0.25) is 4.79 Å². The molecule has 0 unspecified atom stereocenters. The lowest BCUT2D eigenvalue weighted by Crippen LogP contribution is -2.32. The minimum absolute atomic E-state index is 0.0837. The molecule has 1 aliphatic heterocycles. The summed E-state index contributed by atoms with van der Waals surface area (Å²) >= 11 is 0. The highest BCUT2D eigenvalue weighted by Crippen LogP contribution is 2.29. The molecular formula is C21H21N3O3. The third-order valence-electron chi connectivity index (χ3n) is 4.98. The standard InChI is InChI=1S/C21H21N3O3/c1-26-16-9-7-14(8-10-16)17-12-24(13-18(17)22)21(25)19-11-20(27-23-19)15-5-3-2-4-6-15/h2-11,17-18H,12-13,22H2,1H3/t17-,18+/m0/s1. The lowest BCUT2D eigenvalue weighted by Gasteiger charge is -2.15. The summed E-state index contributed by atoms with van der Waals surface area (Å²) in [7, 11) is 1.64. The van der Waals surface area contributed by atoms with E-state index in [-0.39, 0.29) is 17.9 Å². The average molecular weight is 363 g/mol. The molecule has 6 heteroatoms. The van der Waals surface area contributed by atoms with Crippen LogP contribution in [0.2, 0.25) is 0 Å². The molecule has 138 valence electrons. The predicted molar refractivity (Wildman–Crippen MR) is 102 cm³/mol. The van der Waals surface area contributed by atoms with Crippen molar-refractivity contribution >= 4 is 5.91 Å². The van der Waals surface area contributed by atoms with Crippen molar-refractivity contribution in [2.24, 2.45) is 5.73 Å². The molecule has 1 fully saturated rings. The minimum Gasteiger partial charge on any atom is -0.497 e. The SMILES string of the molecule is COc1ccc([C@@H]2CN(C(=O)c3cc(-c4ccccc4)on3)C[C@H]2N)cc1. The van der Waals surface area contributed by atoms with E-state index < -0.39 is 0 Å². The Labute approximate surface area is 157 Å². The van der Waals surface area contributed by atoms with Crippen LogP contribution in [-0.2, 0) is 0 Å². The molecular weight excluding hydrogens is 342 g/mol. The molecule has 1 aromatic heterocycles. The Bertz CT molecular complexity index is 921. The molecule has 0 radical (unpaired) electrons. The Morgan fingerprint density at radius 3 is 2.59 bits per heavy atom. The van der Waals surface area contributed by atoms with Crippen LogP contribution in [0.15, 0.2) is 65.2 Å². The van der Waals surface area contributed by atoms with E-state index in [4.69, 9.17) is 15.0 Å². The molecule has 2 aromatic carbocycles. The summed E-state index contributed by atoms with van der Waals surface area (Å²) in [6.45, 7) is 1.04. The number of hydrogen-bond acceptors (Lipinski definition) is 5. The molecule has 27 heavy (non-hydrogen) atoms. The minimum atomic E-state index is -0.160. The molecule has 0 saturated carbocycles. The highest BCUT2D eigenvalue weighted by Gasteiger charge is 2.35. The molecule has 1 saturated heterocycles. The smallest absolute Gasteiger partial charge is 0.276 e. The number of carbonyl (C=O) groups is 1. The van der Waals surface area contributed by atoms with E-state index in [0.29, 0.717) is 24.5 Å². The van der Waals surface area contributed by atoms with Crippen LogP contribution in [-0.4, -0.2) is 42.2 Å². The van der Waals surface area contributed by atoms with E-state index in [1.807, 2.05) is 54.6 Å². The molecule has 1 aliphatic rings. The highest BCUT2D eigenvalue weighted by atomic mass is 16.5. The van der Waals surface area contributed by atoms with Crippen LogP contribution in [0, 0.1) is 0 Å². The second kappa shape index (κ2) is 7.25. The molecule has 2 N–H and O–H groups in total. The van der Waals surface area contributed by atoms with Crippen molar-refractivity contribution in [3.63, 3.8) is 0 Å². The molecule has 2 heterocycles. The summed E-state index contributed by atoms with van der Waals surface area (Å²) in [4.78, 5) is 14.6. The quantitative estimate of drug-likeness (QED) is 0.771. The first-order chi connectivity index (χ1) is 13.2. The normalized spacial score (nSPS) is 19.3. The Morgan fingerprint density at radius 1 is 1.15 bits per heavy atom. The van der Waals surface area contributed by atoms with Crippen molar-refractivity contribution in [1.82, 2.24) is 10.1 Å². The number of nitrogens with two attached hydrogens (primary N) is 1. The number of benzene rings is 2. The van der Waals surface area contributed by atoms with Crippen molar-refractivity contribution < 1.29 is 14.1 Å². The number of methoxy groups -OCH3 is 1. The Morgan fingerprint density at radius 2 is 1.89 bits per heavy atom. The van der Waals surface area contributed by atoms with E-state index in [0.717, 1.165) is 16.9 Å². The molecule has 1 amide bonds.